The van der Waals surface area contributed by atoms with E-state index in [2.05, 4.69) is 10.3 Å². The van der Waals surface area contributed by atoms with Crippen LogP contribution in [-0.4, -0.2) is 29.0 Å². The van der Waals surface area contributed by atoms with Crippen LogP contribution in [0.2, 0.25) is 0 Å². The summed E-state index contributed by atoms with van der Waals surface area (Å²) in [6, 6.07) is 5.12. The minimum Gasteiger partial charge on any atom is -0.493 e. The molecule has 23 heavy (non-hydrogen) atoms. The van der Waals surface area contributed by atoms with E-state index in [0.717, 1.165) is 10.7 Å². The number of carbonyl (C=O) groups excluding carboxylic acids is 1. The molecule has 0 aliphatic heterocycles. The lowest BCUT2D eigenvalue weighted by atomic mass is 10.2. The molecule has 0 radical (unpaired) electrons. The summed E-state index contributed by atoms with van der Waals surface area (Å²) >= 11 is 1.56. The number of rotatable bonds is 6. The third kappa shape index (κ3) is 3.29. The van der Waals surface area contributed by atoms with Gasteiger partial charge in [-0.1, -0.05) is 0 Å². The summed E-state index contributed by atoms with van der Waals surface area (Å²) in [5.74, 6) is 0.993. The summed E-state index contributed by atoms with van der Waals surface area (Å²) in [4.78, 5) is 17.6. The van der Waals surface area contributed by atoms with Gasteiger partial charge in [-0.25, -0.2) is 4.98 Å². The van der Waals surface area contributed by atoms with Crippen LogP contribution in [0.3, 0.4) is 0 Å². The number of aromatic nitrogens is 2. The van der Waals surface area contributed by atoms with E-state index in [9.17, 15) is 4.79 Å². The Balaban J connectivity index is 1.69. The van der Waals surface area contributed by atoms with Crippen molar-refractivity contribution in [3.63, 3.8) is 0 Å². The van der Waals surface area contributed by atoms with Gasteiger partial charge in [-0.2, -0.15) is 0 Å². The quantitative estimate of drug-likeness (QED) is 0.754. The van der Waals surface area contributed by atoms with Gasteiger partial charge in [0.05, 0.1) is 26.0 Å². The van der Waals surface area contributed by atoms with Crippen molar-refractivity contribution >= 4 is 22.2 Å². The second-order valence-electron chi connectivity index (χ2n) is 4.81. The van der Waals surface area contributed by atoms with E-state index < -0.39 is 0 Å². The van der Waals surface area contributed by atoms with Gasteiger partial charge >= 0.3 is 0 Å². The molecule has 0 fully saturated rings. The van der Waals surface area contributed by atoms with E-state index in [1.54, 1.807) is 36.6 Å². The number of ether oxygens (including phenoxy) is 2. The molecule has 2 aromatic heterocycles. The van der Waals surface area contributed by atoms with Crippen molar-refractivity contribution in [2.75, 3.05) is 13.7 Å². The predicted molar refractivity (Wildman–Crippen MR) is 88.4 cm³/mol. The number of methoxy groups -OCH3 is 1. The highest BCUT2D eigenvalue weighted by Gasteiger charge is 2.12. The summed E-state index contributed by atoms with van der Waals surface area (Å²) in [6.45, 7) is 2.77. The van der Waals surface area contributed by atoms with E-state index in [1.165, 1.54) is 0 Å². The number of carbonyl (C=O) groups is 1. The standard InChI is InChI=1S/C16H17N3O3S/c1-3-22-14-8-11(4-5-13(14)21-2)15(20)17-9-12-10-19-6-7-23-16(19)18-12/h4-8,10H,3,9H2,1-2H3,(H,17,20). The van der Waals surface area contributed by atoms with Crippen LogP contribution in [-0.2, 0) is 6.54 Å². The van der Waals surface area contributed by atoms with Gasteiger partial charge in [0, 0.05) is 23.3 Å². The first-order valence-corrected chi connectivity index (χ1v) is 8.09. The lowest BCUT2D eigenvalue weighted by Crippen LogP contribution is -2.23. The molecule has 1 N–H and O–H groups in total. The summed E-state index contributed by atoms with van der Waals surface area (Å²) in [5, 5.41) is 4.84. The molecule has 0 unspecified atom stereocenters. The highest BCUT2D eigenvalue weighted by molar-refractivity contribution is 7.15. The van der Waals surface area contributed by atoms with Crippen molar-refractivity contribution in [3.8, 4) is 11.5 Å². The third-order valence-electron chi connectivity index (χ3n) is 3.30. The number of nitrogens with one attached hydrogen (secondary N) is 1. The normalized spacial score (nSPS) is 10.7. The molecule has 0 saturated carbocycles. The van der Waals surface area contributed by atoms with Gasteiger partial charge in [0.15, 0.2) is 16.5 Å². The minimum absolute atomic E-state index is 0.176. The van der Waals surface area contributed by atoms with Gasteiger partial charge in [-0.3, -0.25) is 9.20 Å². The van der Waals surface area contributed by atoms with Crippen LogP contribution >= 0.6 is 11.3 Å². The van der Waals surface area contributed by atoms with Crippen LogP contribution in [0.1, 0.15) is 23.0 Å². The van der Waals surface area contributed by atoms with Crippen LogP contribution in [0.4, 0.5) is 0 Å². The highest BCUT2D eigenvalue weighted by Crippen LogP contribution is 2.28. The molecule has 3 rings (SSSR count). The van der Waals surface area contributed by atoms with Gasteiger partial charge in [0.2, 0.25) is 0 Å². The maximum atomic E-state index is 12.3. The molecule has 1 amide bonds. The predicted octanol–water partition coefficient (Wildman–Crippen LogP) is 2.73. The number of nitrogens with zero attached hydrogens (tertiary/aromatic N) is 2. The third-order valence-corrected chi connectivity index (χ3v) is 4.07. The SMILES string of the molecule is CCOc1cc(C(=O)NCc2cn3ccsc3n2)ccc1OC. The average Bonchev–Trinajstić information content (AvgIpc) is 3.14. The number of fused-ring (bicyclic) bond motifs is 1. The number of hydrogen-bond donors (Lipinski definition) is 1. The van der Waals surface area contributed by atoms with Crippen LogP contribution in [0, 0.1) is 0 Å². The molecule has 7 heteroatoms. The molecular weight excluding hydrogens is 314 g/mol. The van der Waals surface area contributed by atoms with E-state index in [1.807, 2.05) is 29.1 Å². The Hall–Kier alpha value is -2.54. The first-order valence-electron chi connectivity index (χ1n) is 7.21. The molecule has 120 valence electrons. The van der Waals surface area contributed by atoms with Crippen LogP contribution in [0.15, 0.2) is 36.0 Å². The molecule has 3 aromatic rings. The van der Waals surface area contributed by atoms with Crippen molar-refractivity contribution < 1.29 is 14.3 Å². The zero-order valence-corrected chi connectivity index (χ0v) is 13.7. The molecule has 0 saturated heterocycles. The van der Waals surface area contributed by atoms with E-state index in [-0.39, 0.29) is 5.91 Å². The first kappa shape index (κ1) is 15.4. The lowest BCUT2D eigenvalue weighted by Gasteiger charge is -2.11. The Morgan fingerprint density at radius 3 is 3.00 bits per heavy atom. The van der Waals surface area contributed by atoms with Crippen molar-refractivity contribution in [2.24, 2.45) is 0 Å². The molecule has 0 aliphatic carbocycles. The van der Waals surface area contributed by atoms with Crippen molar-refractivity contribution in [2.45, 2.75) is 13.5 Å². The van der Waals surface area contributed by atoms with Crippen LogP contribution < -0.4 is 14.8 Å². The number of thiazole rings is 1. The first-order chi connectivity index (χ1) is 11.2. The molecule has 0 aliphatic rings. The summed E-state index contributed by atoms with van der Waals surface area (Å²) in [6.07, 6.45) is 3.85. The fourth-order valence-corrected chi connectivity index (χ4v) is 2.94. The molecule has 1 aromatic carbocycles. The second kappa shape index (κ2) is 6.70. The smallest absolute Gasteiger partial charge is 0.251 e. The second-order valence-corrected chi connectivity index (χ2v) is 5.68. The Morgan fingerprint density at radius 2 is 2.26 bits per heavy atom. The highest BCUT2D eigenvalue weighted by atomic mass is 32.1. The van der Waals surface area contributed by atoms with Gasteiger partial charge < -0.3 is 14.8 Å². The molecular formula is C16H17N3O3S. The van der Waals surface area contributed by atoms with Crippen molar-refractivity contribution in [1.82, 2.24) is 14.7 Å². The topological polar surface area (TPSA) is 64.9 Å². The molecule has 6 nitrogen and oxygen atoms in total. The average molecular weight is 331 g/mol. The zero-order chi connectivity index (χ0) is 16.2. The maximum Gasteiger partial charge on any atom is 0.251 e. The van der Waals surface area contributed by atoms with Gasteiger partial charge in [-0.15, -0.1) is 11.3 Å². The summed E-state index contributed by atoms with van der Waals surface area (Å²) in [5.41, 5.74) is 1.35. The number of amides is 1. The van der Waals surface area contributed by atoms with E-state index in [0.29, 0.717) is 30.2 Å². The number of hydrogen-bond acceptors (Lipinski definition) is 5. The van der Waals surface area contributed by atoms with Gasteiger partial charge in [-0.05, 0) is 25.1 Å². The van der Waals surface area contributed by atoms with Gasteiger partial charge in [0.1, 0.15) is 0 Å². The Bertz CT molecular complexity index is 796. The van der Waals surface area contributed by atoms with Crippen molar-refractivity contribution in [1.29, 1.82) is 0 Å². The summed E-state index contributed by atoms with van der Waals surface area (Å²) < 4.78 is 12.6. The molecule has 0 atom stereocenters. The molecule has 2 heterocycles. The van der Waals surface area contributed by atoms with Crippen molar-refractivity contribution in [3.05, 3.63) is 47.2 Å². The summed E-state index contributed by atoms with van der Waals surface area (Å²) in [7, 11) is 1.57. The van der Waals surface area contributed by atoms with Gasteiger partial charge in [0.25, 0.3) is 5.91 Å². The monoisotopic (exact) mass is 331 g/mol. The van der Waals surface area contributed by atoms with E-state index >= 15 is 0 Å². The molecule has 0 bridgehead atoms. The number of benzene rings is 1. The molecule has 0 spiro atoms. The fraction of sp³-hybridized carbons (Fsp3) is 0.250. The maximum absolute atomic E-state index is 12.3. The minimum atomic E-state index is -0.176. The van der Waals surface area contributed by atoms with E-state index in [4.69, 9.17) is 9.47 Å². The largest absolute Gasteiger partial charge is 0.493 e. The zero-order valence-electron chi connectivity index (χ0n) is 12.9. The number of imidazole rings is 1. The Morgan fingerprint density at radius 1 is 1.39 bits per heavy atom. The van der Waals surface area contributed by atoms with Crippen LogP contribution in [0.25, 0.3) is 4.96 Å². The fourth-order valence-electron chi connectivity index (χ4n) is 2.22. The Kier molecular flexibility index (Phi) is 4.47. The van der Waals surface area contributed by atoms with Crippen LogP contribution in [0.5, 0.6) is 11.5 Å². The lowest BCUT2D eigenvalue weighted by molar-refractivity contribution is 0.0950. The Labute approximate surface area is 137 Å².